The summed E-state index contributed by atoms with van der Waals surface area (Å²) in [6, 6.07) is 31.8. The van der Waals surface area contributed by atoms with Crippen LogP contribution < -0.4 is 26.6 Å². The first-order valence-electron chi connectivity index (χ1n) is 13.9. The van der Waals surface area contributed by atoms with Crippen LogP contribution in [0.15, 0.2) is 128 Å². The van der Waals surface area contributed by atoms with E-state index in [0.717, 1.165) is 54.0 Å². The Hall–Kier alpha value is -5.33. The van der Waals surface area contributed by atoms with Gasteiger partial charge in [-0.1, -0.05) is 68.3 Å². The lowest BCUT2D eigenvalue weighted by Gasteiger charge is -2.23. The van der Waals surface area contributed by atoms with Gasteiger partial charge in [0.2, 0.25) is 17.8 Å². The summed E-state index contributed by atoms with van der Waals surface area (Å²) in [5.74, 6) is 1.00. The number of hydrogen-bond donors (Lipinski definition) is 4. The third kappa shape index (κ3) is 6.33. The van der Waals surface area contributed by atoms with E-state index in [1.807, 2.05) is 127 Å². The number of halogens is 2. The Labute approximate surface area is 276 Å². The van der Waals surface area contributed by atoms with E-state index in [1.54, 1.807) is 0 Å². The summed E-state index contributed by atoms with van der Waals surface area (Å²) >= 11 is 7.08. The standard InChI is InChI=1S/C33H24Br2N10/c34-23-11-13-29-27(15-23)21(17-36-29)19-38-43-31-40-32(44-39-20-22-18-37-30-14-12-24(35)16-28(22)30)42-33(41-31)45(25-7-3-1-4-8-25)26-9-5-2-6-10-26/h1-20,38-39H,(H2,40,41,42,43,44). The molecule has 0 saturated heterocycles. The van der Waals surface area contributed by atoms with Gasteiger partial charge in [-0.2, -0.15) is 15.0 Å². The minimum atomic E-state index is 0.298. The van der Waals surface area contributed by atoms with E-state index in [0.29, 0.717) is 17.8 Å². The molecule has 0 spiro atoms. The fourth-order valence-electron chi connectivity index (χ4n) is 4.82. The van der Waals surface area contributed by atoms with Gasteiger partial charge in [-0.15, -0.1) is 0 Å². The number of hydrogen-bond acceptors (Lipinski definition) is 10. The second kappa shape index (κ2) is 12.7. The van der Waals surface area contributed by atoms with E-state index < -0.39 is 0 Å². The van der Waals surface area contributed by atoms with Crippen LogP contribution in [-0.4, -0.2) is 27.4 Å². The minimum Gasteiger partial charge on any atom is -0.305 e. The maximum absolute atomic E-state index is 4.78. The molecule has 2 aliphatic rings. The average Bonchev–Trinajstić information content (AvgIpc) is 3.65. The van der Waals surface area contributed by atoms with Crippen LogP contribution in [0.4, 0.5) is 40.6 Å². The first kappa shape index (κ1) is 28.4. The summed E-state index contributed by atoms with van der Waals surface area (Å²) in [7, 11) is 0. The van der Waals surface area contributed by atoms with Crippen LogP contribution in [0.5, 0.6) is 0 Å². The monoisotopic (exact) mass is 718 g/mol. The number of nitrogens with one attached hydrogen (secondary N) is 4. The Morgan fingerprint density at radius 3 is 1.49 bits per heavy atom. The first-order chi connectivity index (χ1) is 22.1. The maximum atomic E-state index is 4.78. The summed E-state index contributed by atoms with van der Waals surface area (Å²) in [5, 5.41) is 0. The van der Waals surface area contributed by atoms with Crippen molar-refractivity contribution in [2.75, 3.05) is 15.8 Å². The van der Waals surface area contributed by atoms with Crippen LogP contribution in [0.25, 0.3) is 11.1 Å². The molecule has 0 unspecified atom stereocenters. The van der Waals surface area contributed by atoms with Crippen LogP contribution in [0.1, 0.15) is 11.1 Å². The Balaban J connectivity index is 1.20. The quantitative estimate of drug-likeness (QED) is 0.113. The molecule has 10 nitrogen and oxygen atoms in total. The molecule has 0 radical (unpaired) electrons. The second-order valence-corrected chi connectivity index (χ2v) is 11.7. The van der Waals surface area contributed by atoms with E-state index in [-0.39, 0.29) is 0 Å². The van der Waals surface area contributed by atoms with Gasteiger partial charge in [-0.25, -0.2) is 0 Å². The summed E-state index contributed by atoms with van der Waals surface area (Å²) in [6.07, 6.45) is 7.26. The molecule has 0 atom stereocenters. The van der Waals surface area contributed by atoms with E-state index in [4.69, 9.17) is 9.97 Å². The van der Waals surface area contributed by atoms with Crippen molar-refractivity contribution in [3.05, 3.63) is 130 Å². The molecule has 0 saturated carbocycles. The van der Waals surface area contributed by atoms with Crippen LogP contribution in [0.2, 0.25) is 0 Å². The number of allylic oxidation sites excluding steroid dienone is 2. The molecule has 4 aromatic carbocycles. The number of para-hydroxylation sites is 2. The minimum absolute atomic E-state index is 0.298. The lowest BCUT2D eigenvalue weighted by atomic mass is 10.1. The molecule has 3 heterocycles. The van der Waals surface area contributed by atoms with Crippen LogP contribution in [0.3, 0.4) is 0 Å². The van der Waals surface area contributed by atoms with Crippen molar-refractivity contribution in [2.24, 2.45) is 9.98 Å². The van der Waals surface area contributed by atoms with Gasteiger partial charge in [0.1, 0.15) is 0 Å². The molecule has 0 aliphatic carbocycles. The number of aromatic nitrogens is 3. The molecule has 0 fully saturated rings. The summed E-state index contributed by atoms with van der Waals surface area (Å²) in [6.45, 7) is 0. The number of rotatable bonds is 9. The van der Waals surface area contributed by atoms with Gasteiger partial charge >= 0.3 is 0 Å². The molecule has 12 heteroatoms. The van der Waals surface area contributed by atoms with Gasteiger partial charge in [-0.3, -0.25) is 25.7 Å². The third-order valence-corrected chi connectivity index (χ3v) is 7.89. The van der Waals surface area contributed by atoms with Crippen molar-refractivity contribution in [1.82, 2.24) is 25.8 Å². The highest BCUT2D eigenvalue weighted by Gasteiger charge is 2.18. The van der Waals surface area contributed by atoms with Crippen molar-refractivity contribution in [1.29, 1.82) is 0 Å². The van der Waals surface area contributed by atoms with Gasteiger partial charge < -0.3 is 10.9 Å². The largest absolute Gasteiger partial charge is 0.305 e. The van der Waals surface area contributed by atoms with Gasteiger partial charge in [0.15, 0.2) is 0 Å². The molecule has 1 aromatic heterocycles. The van der Waals surface area contributed by atoms with Gasteiger partial charge in [0.25, 0.3) is 0 Å². The lowest BCUT2D eigenvalue weighted by molar-refractivity contribution is 0.922. The highest BCUT2D eigenvalue weighted by molar-refractivity contribution is 9.10. The van der Waals surface area contributed by atoms with E-state index in [2.05, 4.69) is 68.5 Å². The Morgan fingerprint density at radius 1 is 0.556 bits per heavy atom. The first-order valence-corrected chi connectivity index (χ1v) is 15.5. The molecule has 0 bridgehead atoms. The van der Waals surface area contributed by atoms with Gasteiger partial charge in [-0.05, 0) is 60.7 Å². The predicted octanol–water partition coefficient (Wildman–Crippen LogP) is 8.21. The molecule has 7 rings (SSSR count). The zero-order chi connectivity index (χ0) is 30.6. The molecule has 5 aromatic rings. The van der Waals surface area contributed by atoms with E-state index in [9.17, 15) is 0 Å². The number of aliphatic imine (C=N–C) groups is 2. The van der Waals surface area contributed by atoms with Gasteiger partial charge in [0.05, 0.1) is 11.4 Å². The third-order valence-electron chi connectivity index (χ3n) is 6.90. The molecule has 220 valence electrons. The van der Waals surface area contributed by atoms with Crippen molar-refractivity contribution >= 4 is 96.0 Å². The van der Waals surface area contributed by atoms with Crippen molar-refractivity contribution < 1.29 is 0 Å². The lowest BCUT2D eigenvalue weighted by Crippen LogP contribution is -2.23. The van der Waals surface area contributed by atoms with Crippen LogP contribution in [0, 0.1) is 0 Å². The second-order valence-electron chi connectivity index (χ2n) is 9.87. The Kier molecular flexibility index (Phi) is 8.04. The number of fused-ring (bicyclic) bond motifs is 2. The molecular formula is C33H24Br2N10. The molecular weight excluding hydrogens is 696 g/mol. The number of benzene rings is 4. The zero-order valence-corrected chi connectivity index (χ0v) is 26.7. The summed E-state index contributed by atoms with van der Waals surface area (Å²) in [4.78, 5) is 25.1. The summed E-state index contributed by atoms with van der Waals surface area (Å²) < 4.78 is 1.96. The Morgan fingerprint density at radius 2 is 1.02 bits per heavy atom. The van der Waals surface area contributed by atoms with Crippen LogP contribution in [-0.2, 0) is 0 Å². The van der Waals surface area contributed by atoms with E-state index in [1.165, 1.54) is 0 Å². The SMILES string of the molecule is Brc1ccc2c(c1)C(=CNNc1nc(NNC=C3C=Nc4ccc(Br)cc43)nc(N(c3ccccc3)c3ccccc3)n1)C=N2. The van der Waals surface area contributed by atoms with E-state index >= 15 is 0 Å². The Bertz CT molecular complexity index is 1850. The molecule has 0 amide bonds. The number of hydrazine groups is 2. The normalized spacial score (nSPS) is 14.4. The number of nitrogens with zero attached hydrogens (tertiary/aromatic N) is 6. The average molecular weight is 720 g/mol. The highest BCUT2D eigenvalue weighted by Crippen LogP contribution is 2.35. The number of anilines is 5. The smallest absolute Gasteiger partial charge is 0.248 e. The van der Waals surface area contributed by atoms with Crippen molar-refractivity contribution in [2.45, 2.75) is 0 Å². The van der Waals surface area contributed by atoms with Crippen molar-refractivity contribution in [3.8, 4) is 0 Å². The fourth-order valence-corrected chi connectivity index (χ4v) is 5.54. The maximum Gasteiger partial charge on any atom is 0.248 e. The predicted molar refractivity (Wildman–Crippen MR) is 189 cm³/mol. The van der Waals surface area contributed by atoms with Gasteiger partial charge in [0, 0.05) is 67.4 Å². The van der Waals surface area contributed by atoms with Crippen molar-refractivity contribution in [3.63, 3.8) is 0 Å². The topological polar surface area (TPSA) is 115 Å². The zero-order valence-electron chi connectivity index (χ0n) is 23.5. The summed E-state index contributed by atoms with van der Waals surface area (Å²) in [5.41, 5.74) is 19.9. The highest BCUT2D eigenvalue weighted by atomic mass is 79.9. The fraction of sp³-hybridized carbons (Fsp3) is 0. The molecule has 2 aliphatic heterocycles. The van der Waals surface area contributed by atoms with Crippen LogP contribution >= 0.6 is 31.9 Å². The molecule has 4 N–H and O–H groups in total. The molecule has 45 heavy (non-hydrogen) atoms.